The van der Waals surface area contributed by atoms with Crippen molar-refractivity contribution >= 4 is 11.4 Å². The molecule has 154 valence electrons. The van der Waals surface area contributed by atoms with Crippen molar-refractivity contribution < 1.29 is 25.8 Å². The zero-order valence-electron chi connectivity index (χ0n) is 16.4. The molecule has 30 heavy (non-hydrogen) atoms. The molecule has 3 aliphatic heterocycles. The van der Waals surface area contributed by atoms with Gasteiger partial charge in [0.2, 0.25) is 0 Å². The zero-order valence-corrected chi connectivity index (χ0v) is 18.7. The molecule has 0 aromatic heterocycles. The summed E-state index contributed by atoms with van der Waals surface area (Å²) in [6.07, 6.45) is 13.5. The van der Waals surface area contributed by atoms with Gasteiger partial charge in [0.25, 0.3) is 0 Å². The van der Waals surface area contributed by atoms with Crippen LogP contribution in [0.4, 0.5) is 11.4 Å². The Morgan fingerprint density at radius 3 is 1.73 bits per heavy atom. The number of rotatable bonds is 0. The Morgan fingerprint density at radius 1 is 0.733 bits per heavy atom. The van der Waals surface area contributed by atoms with Gasteiger partial charge in [0.05, 0.1) is 0 Å². The van der Waals surface area contributed by atoms with Gasteiger partial charge in [-0.3, -0.25) is 0 Å². The minimum atomic E-state index is 0. The molecule has 0 amide bonds. The van der Waals surface area contributed by atoms with E-state index in [0.29, 0.717) is 23.6 Å². The minimum Gasteiger partial charge on any atom is -0.509 e. The monoisotopic (exact) mass is 577 g/mol. The first-order chi connectivity index (χ1) is 14.3. The number of ether oxygens (including phenoxy) is 1. The summed E-state index contributed by atoms with van der Waals surface area (Å²) in [5.41, 5.74) is 1.94. The smallest absolute Gasteiger partial charge is 0.509 e. The van der Waals surface area contributed by atoms with Crippen LogP contribution in [0.3, 0.4) is 0 Å². The topological polar surface area (TPSA) is 22.2 Å². The summed E-state index contributed by atoms with van der Waals surface area (Å²) < 4.78 is 6.08. The third-order valence-electron chi connectivity index (χ3n) is 6.06. The number of hydrogen-bond acceptors (Lipinski definition) is 5. The Morgan fingerprint density at radius 2 is 1.23 bits per heavy atom. The van der Waals surface area contributed by atoms with E-state index in [2.05, 4.69) is 82.0 Å². The predicted molar refractivity (Wildman–Crippen MR) is 112 cm³/mol. The van der Waals surface area contributed by atoms with E-state index in [0.717, 1.165) is 11.4 Å². The maximum Gasteiger partial charge on any atom is 4.00 e. The quantitative estimate of drug-likeness (QED) is 0.418. The van der Waals surface area contributed by atoms with Crippen LogP contribution in [0.5, 0.6) is 11.5 Å². The van der Waals surface area contributed by atoms with Crippen molar-refractivity contribution in [2.24, 2.45) is 0 Å². The van der Waals surface area contributed by atoms with Gasteiger partial charge in [-0.15, -0.1) is 47.8 Å². The van der Waals surface area contributed by atoms with E-state index in [4.69, 9.17) is 4.74 Å². The van der Waals surface area contributed by atoms with Crippen molar-refractivity contribution in [3.8, 4) is 11.5 Å². The standard InChI is InChI=1S/C24H22N4O.Pt/c1-2-10-24-23(9-1)27-13-11-25(17-27)19-5-3-7-21(15-19)29-22-8-4-6-20(16-22)26-12-14-28(24)18-26;/h3-8,11-14,17-18,23-24H,1-2,9-10H2;/q-4;+4. The molecule has 0 radical (unpaired) electrons. The van der Waals surface area contributed by atoms with Gasteiger partial charge in [0.1, 0.15) is 0 Å². The maximum atomic E-state index is 6.08. The number of anilines is 2. The second-order valence-corrected chi connectivity index (χ2v) is 7.86. The Kier molecular flexibility index (Phi) is 5.24. The molecular formula is C24H22N4OPt. The van der Waals surface area contributed by atoms with Crippen molar-refractivity contribution in [2.45, 2.75) is 37.8 Å². The predicted octanol–water partition coefficient (Wildman–Crippen LogP) is 4.83. The van der Waals surface area contributed by atoms with Gasteiger partial charge < -0.3 is 24.3 Å². The van der Waals surface area contributed by atoms with Crippen LogP contribution in [-0.2, 0) is 21.1 Å². The Bertz CT molecular complexity index is 900. The number of fused-ring (bicyclic) bond motifs is 13. The fraction of sp³-hybridized carbons (Fsp3) is 0.250. The van der Waals surface area contributed by atoms with E-state index in [9.17, 15) is 0 Å². The van der Waals surface area contributed by atoms with E-state index in [-0.39, 0.29) is 21.1 Å². The third kappa shape index (κ3) is 3.50. The van der Waals surface area contributed by atoms with Crippen molar-refractivity contribution in [3.63, 3.8) is 0 Å². The van der Waals surface area contributed by atoms with Gasteiger partial charge in [-0.2, -0.15) is 25.5 Å². The van der Waals surface area contributed by atoms with Crippen LogP contribution in [0.15, 0.2) is 61.2 Å². The average molecular weight is 578 g/mol. The first-order valence-electron chi connectivity index (χ1n) is 10.2. The third-order valence-corrected chi connectivity index (χ3v) is 6.06. The van der Waals surface area contributed by atoms with Gasteiger partial charge in [0.15, 0.2) is 0 Å². The molecular weight excluding hydrogens is 555 g/mol. The van der Waals surface area contributed by atoms with Gasteiger partial charge in [-0.25, -0.2) is 0 Å². The van der Waals surface area contributed by atoms with Crippen LogP contribution in [0.2, 0.25) is 0 Å². The maximum absolute atomic E-state index is 6.08. The van der Waals surface area contributed by atoms with Crippen molar-refractivity contribution in [3.05, 3.63) is 86.7 Å². The Hall–Kier alpha value is -2.39. The molecule has 1 saturated carbocycles. The molecule has 5 nitrogen and oxygen atoms in total. The molecule has 6 heteroatoms. The summed E-state index contributed by atoms with van der Waals surface area (Å²) in [5.74, 6) is 1.37. The van der Waals surface area contributed by atoms with Gasteiger partial charge >= 0.3 is 21.1 Å². The molecule has 2 aromatic carbocycles. The van der Waals surface area contributed by atoms with Gasteiger partial charge in [-0.05, 0) is 37.6 Å². The molecule has 4 aliphatic rings. The molecule has 0 saturated heterocycles. The molecule has 6 rings (SSSR count). The summed E-state index contributed by atoms with van der Waals surface area (Å²) in [6, 6.07) is 19.6. The molecule has 1 aliphatic carbocycles. The van der Waals surface area contributed by atoms with Crippen LogP contribution in [0.1, 0.15) is 25.7 Å². The molecule has 2 atom stereocenters. The fourth-order valence-corrected chi connectivity index (χ4v) is 4.61. The summed E-state index contributed by atoms with van der Waals surface area (Å²) in [5, 5.41) is 0. The van der Waals surface area contributed by atoms with E-state index >= 15 is 0 Å². The largest absolute Gasteiger partial charge is 4.00 e. The SMILES string of the molecule is [Pt+4].[c-]1c2cccc1N1C=CN([CH-]1)C1CCCCC1N1C=CN([CH-]1)c1[c-]c(ccc1)O2. The molecule has 8 bridgehead atoms. The van der Waals surface area contributed by atoms with E-state index in [1.54, 1.807) is 0 Å². The molecule has 2 aromatic rings. The second kappa shape index (κ2) is 8.03. The van der Waals surface area contributed by atoms with Crippen molar-refractivity contribution in [1.29, 1.82) is 0 Å². The molecule has 0 N–H and O–H groups in total. The summed E-state index contributed by atoms with van der Waals surface area (Å²) in [6.45, 7) is 4.37. The van der Waals surface area contributed by atoms with Crippen LogP contribution in [0, 0.1) is 25.5 Å². The van der Waals surface area contributed by atoms with Crippen LogP contribution in [-0.4, -0.2) is 21.9 Å². The van der Waals surface area contributed by atoms with E-state index < -0.39 is 0 Å². The van der Waals surface area contributed by atoms with E-state index in [1.807, 2.05) is 24.3 Å². The normalized spacial score (nSPS) is 24.0. The molecule has 3 heterocycles. The van der Waals surface area contributed by atoms with Crippen molar-refractivity contribution in [2.75, 3.05) is 9.80 Å². The fourth-order valence-electron chi connectivity index (χ4n) is 4.61. The number of nitrogens with zero attached hydrogens (tertiary/aromatic N) is 4. The van der Waals surface area contributed by atoms with Crippen molar-refractivity contribution in [1.82, 2.24) is 9.80 Å². The second-order valence-electron chi connectivity index (χ2n) is 7.86. The number of hydrogen-bond donors (Lipinski definition) is 0. The summed E-state index contributed by atoms with van der Waals surface area (Å²) in [7, 11) is 0. The van der Waals surface area contributed by atoms with Crippen LogP contribution >= 0.6 is 0 Å². The van der Waals surface area contributed by atoms with Gasteiger partial charge in [0, 0.05) is 23.6 Å². The average Bonchev–Trinajstić information content (AvgIpc) is 3.44. The van der Waals surface area contributed by atoms with E-state index in [1.165, 1.54) is 25.7 Å². The van der Waals surface area contributed by atoms with Crippen LogP contribution < -0.4 is 14.5 Å². The minimum absolute atomic E-state index is 0. The number of benzene rings is 2. The molecule has 0 spiro atoms. The summed E-state index contributed by atoms with van der Waals surface area (Å²) >= 11 is 0. The first kappa shape index (κ1) is 19.6. The summed E-state index contributed by atoms with van der Waals surface area (Å²) in [4.78, 5) is 8.96. The van der Waals surface area contributed by atoms with Gasteiger partial charge in [-0.1, -0.05) is 12.8 Å². The Labute approximate surface area is 192 Å². The molecule has 2 unspecified atom stereocenters. The van der Waals surface area contributed by atoms with Crippen LogP contribution in [0.25, 0.3) is 0 Å². The molecule has 1 fully saturated rings. The first-order valence-corrected chi connectivity index (χ1v) is 10.2. The Balaban J connectivity index is 0.00000193. The zero-order chi connectivity index (χ0) is 19.2.